The van der Waals surface area contributed by atoms with Crippen molar-refractivity contribution >= 4 is 5.91 Å². The van der Waals surface area contributed by atoms with Gasteiger partial charge >= 0.3 is 0 Å². The van der Waals surface area contributed by atoms with E-state index in [1.165, 1.54) is 0 Å². The zero-order valence-corrected chi connectivity index (χ0v) is 12.5. The molecule has 2 aliphatic heterocycles. The maximum atomic E-state index is 12.9. The predicted octanol–water partition coefficient (Wildman–Crippen LogP) is 0.360. The normalized spacial score (nSPS) is 42.4. The van der Waals surface area contributed by atoms with E-state index >= 15 is 0 Å². The van der Waals surface area contributed by atoms with Crippen molar-refractivity contribution in [2.45, 2.75) is 44.8 Å². The van der Waals surface area contributed by atoms with Gasteiger partial charge in [0, 0.05) is 37.6 Å². The van der Waals surface area contributed by atoms with Crippen molar-refractivity contribution < 1.29 is 14.6 Å². The first kappa shape index (κ1) is 14.3. The average Bonchev–Trinajstić information content (AvgIpc) is 3.05. The molecule has 0 aromatic carbocycles. The van der Waals surface area contributed by atoms with E-state index in [1.54, 1.807) is 0 Å². The van der Waals surface area contributed by atoms with Gasteiger partial charge in [-0.2, -0.15) is 0 Å². The summed E-state index contributed by atoms with van der Waals surface area (Å²) in [5.41, 5.74) is 5.52. The molecule has 3 rings (SSSR count). The van der Waals surface area contributed by atoms with E-state index in [4.69, 9.17) is 15.6 Å². The molecule has 5 nitrogen and oxygen atoms in total. The van der Waals surface area contributed by atoms with Crippen LogP contribution < -0.4 is 5.73 Å². The van der Waals surface area contributed by atoms with Gasteiger partial charge in [0.15, 0.2) is 0 Å². The van der Waals surface area contributed by atoms with Crippen LogP contribution in [0, 0.1) is 17.3 Å². The smallest absolute Gasteiger partial charge is 0.243 e. The third kappa shape index (κ3) is 1.69. The number of aliphatic hydroxyl groups excluding tert-OH is 1. The second kappa shape index (κ2) is 4.68. The summed E-state index contributed by atoms with van der Waals surface area (Å²) in [5, 5.41) is 9.03. The van der Waals surface area contributed by atoms with Gasteiger partial charge in [-0.1, -0.05) is 13.8 Å². The Hall–Kier alpha value is -0.650. The van der Waals surface area contributed by atoms with Crippen LogP contribution in [0.5, 0.6) is 0 Å². The summed E-state index contributed by atoms with van der Waals surface area (Å²) in [6, 6.07) is 0. The molecule has 4 unspecified atom stereocenters. The van der Waals surface area contributed by atoms with Crippen LogP contribution in [0.3, 0.4) is 0 Å². The fraction of sp³-hybridized carbons (Fsp3) is 0.933. The van der Waals surface area contributed by atoms with E-state index in [2.05, 4.69) is 13.8 Å². The summed E-state index contributed by atoms with van der Waals surface area (Å²) in [6.07, 6.45) is 2.78. The maximum absolute atomic E-state index is 12.9. The first-order chi connectivity index (χ1) is 9.42. The highest BCUT2D eigenvalue weighted by Gasteiger charge is 2.72. The minimum atomic E-state index is -0.776. The minimum Gasteiger partial charge on any atom is -0.396 e. The third-order valence-corrected chi connectivity index (χ3v) is 5.92. The van der Waals surface area contributed by atoms with Crippen molar-refractivity contribution in [1.82, 2.24) is 4.90 Å². The summed E-state index contributed by atoms with van der Waals surface area (Å²) in [5.74, 6) is 0.683. The molecule has 0 aromatic heterocycles. The van der Waals surface area contributed by atoms with Crippen molar-refractivity contribution in [2.24, 2.45) is 23.0 Å². The van der Waals surface area contributed by atoms with Crippen molar-refractivity contribution in [3.63, 3.8) is 0 Å². The highest BCUT2D eigenvalue weighted by atomic mass is 16.5. The largest absolute Gasteiger partial charge is 0.396 e. The molecule has 3 N–H and O–H groups in total. The molecule has 2 heterocycles. The van der Waals surface area contributed by atoms with Crippen LogP contribution in [-0.2, 0) is 9.53 Å². The number of aliphatic hydroxyl groups is 1. The Morgan fingerprint density at radius 3 is 2.90 bits per heavy atom. The number of likely N-dealkylation sites (tertiary alicyclic amines) is 1. The molecule has 0 radical (unpaired) electrons. The highest BCUT2D eigenvalue weighted by Crippen LogP contribution is 2.58. The molecule has 0 aromatic rings. The lowest BCUT2D eigenvalue weighted by Gasteiger charge is -2.61. The first-order valence-electron chi connectivity index (χ1n) is 7.73. The molecule has 2 saturated heterocycles. The molecule has 0 bridgehead atoms. The first-order valence-corrected chi connectivity index (χ1v) is 7.73. The fourth-order valence-corrected chi connectivity index (χ4v) is 4.52. The van der Waals surface area contributed by atoms with Gasteiger partial charge in [0.2, 0.25) is 5.91 Å². The average molecular weight is 282 g/mol. The Morgan fingerprint density at radius 2 is 2.20 bits per heavy atom. The summed E-state index contributed by atoms with van der Waals surface area (Å²) in [6.45, 7) is 6.55. The number of hydrogen-bond acceptors (Lipinski definition) is 4. The van der Waals surface area contributed by atoms with Crippen molar-refractivity contribution in [1.29, 1.82) is 0 Å². The van der Waals surface area contributed by atoms with Gasteiger partial charge in [-0.3, -0.25) is 4.79 Å². The molecule has 3 aliphatic rings. The van der Waals surface area contributed by atoms with Crippen LogP contribution in [0.25, 0.3) is 0 Å². The van der Waals surface area contributed by atoms with Crippen molar-refractivity contribution in [2.75, 3.05) is 26.3 Å². The maximum Gasteiger partial charge on any atom is 0.243 e. The fourth-order valence-electron chi connectivity index (χ4n) is 4.52. The molecule has 1 aliphatic carbocycles. The molecule has 3 fully saturated rings. The Morgan fingerprint density at radius 1 is 1.45 bits per heavy atom. The van der Waals surface area contributed by atoms with Crippen molar-refractivity contribution in [3.8, 4) is 0 Å². The van der Waals surface area contributed by atoms with Crippen LogP contribution in [0.1, 0.15) is 33.1 Å². The predicted molar refractivity (Wildman–Crippen MR) is 74.9 cm³/mol. The zero-order valence-electron chi connectivity index (χ0n) is 12.5. The lowest BCUT2D eigenvalue weighted by Crippen LogP contribution is -2.80. The van der Waals surface area contributed by atoms with Crippen LogP contribution in [0.4, 0.5) is 0 Å². The van der Waals surface area contributed by atoms with Crippen LogP contribution >= 0.6 is 0 Å². The Labute approximate surface area is 120 Å². The second-order valence-electron chi connectivity index (χ2n) is 7.20. The molecule has 4 atom stereocenters. The van der Waals surface area contributed by atoms with Gasteiger partial charge in [0.25, 0.3) is 0 Å². The molecule has 20 heavy (non-hydrogen) atoms. The number of carbonyl (C=O) groups is 1. The van der Waals surface area contributed by atoms with E-state index in [-0.39, 0.29) is 30.0 Å². The second-order valence-corrected chi connectivity index (χ2v) is 7.20. The SMILES string of the molecule is CC1(C)C2OCCC2C1(N)C(=O)N1CCC(CCO)C1. The van der Waals surface area contributed by atoms with Gasteiger partial charge in [-0.15, -0.1) is 0 Å². The number of amides is 1. The minimum absolute atomic E-state index is 0.0923. The van der Waals surface area contributed by atoms with Crippen molar-refractivity contribution in [3.05, 3.63) is 0 Å². The number of carbonyl (C=O) groups excluding carboxylic acids is 1. The lowest BCUT2D eigenvalue weighted by molar-refractivity contribution is -0.183. The number of nitrogens with zero attached hydrogens (tertiary/aromatic N) is 1. The summed E-state index contributed by atoms with van der Waals surface area (Å²) in [4.78, 5) is 14.9. The summed E-state index contributed by atoms with van der Waals surface area (Å²) in [7, 11) is 0. The molecule has 5 heteroatoms. The number of ether oxygens (including phenoxy) is 1. The monoisotopic (exact) mass is 282 g/mol. The number of nitrogens with two attached hydrogens (primary N) is 1. The molecule has 1 amide bonds. The van der Waals surface area contributed by atoms with Crippen LogP contribution in [0.15, 0.2) is 0 Å². The molecule has 0 spiro atoms. The molecule has 114 valence electrons. The van der Waals surface area contributed by atoms with Crippen LogP contribution in [-0.4, -0.2) is 53.9 Å². The number of fused-ring (bicyclic) bond motifs is 1. The topological polar surface area (TPSA) is 75.8 Å². The van der Waals surface area contributed by atoms with Gasteiger partial charge in [-0.05, 0) is 25.2 Å². The standard InChI is InChI=1S/C15H26N2O3/c1-14(2)12-11(5-8-20-12)15(14,16)13(19)17-6-3-10(9-17)4-7-18/h10-12,18H,3-9,16H2,1-2H3. The third-order valence-electron chi connectivity index (χ3n) is 5.92. The van der Waals surface area contributed by atoms with Crippen LogP contribution in [0.2, 0.25) is 0 Å². The Balaban J connectivity index is 1.74. The van der Waals surface area contributed by atoms with Gasteiger partial charge in [0.05, 0.1) is 6.10 Å². The molecule has 1 saturated carbocycles. The molecular formula is C15H26N2O3. The number of hydrogen-bond donors (Lipinski definition) is 2. The zero-order chi connectivity index (χ0) is 14.5. The van der Waals surface area contributed by atoms with E-state index < -0.39 is 5.54 Å². The summed E-state index contributed by atoms with van der Waals surface area (Å²) >= 11 is 0. The Bertz CT molecular complexity index is 412. The van der Waals surface area contributed by atoms with E-state index in [0.29, 0.717) is 5.92 Å². The van der Waals surface area contributed by atoms with Gasteiger partial charge in [-0.25, -0.2) is 0 Å². The van der Waals surface area contributed by atoms with Gasteiger partial charge < -0.3 is 20.5 Å². The van der Waals surface area contributed by atoms with E-state index in [1.807, 2.05) is 4.90 Å². The molecular weight excluding hydrogens is 256 g/mol. The highest BCUT2D eigenvalue weighted by molar-refractivity contribution is 5.89. The Kier molecular flexibility index (Phi) is 3.35. The van der Waals surface area contributed by atoms with E-state index in [9.17, 15) is 4.79 Å². The summed E-state index contributed by atoms with van der Waals surface area (Å²) < 4.78 is 5.75. The van der Waals surface area contributed by atoms with E-state index in [0.717, 1.165) is 39.0 Å². The van der Waals surface area contributed by atoms with Gasteiger partial charge in [0.1, 0.15) is 5.54 Å². The quantitative estimate of drug-likeness (QED) is 0.783. The number of rotatable bonds is 3. The lowest BCUT2D eigenvalue weighted by atomic mass is 9.47.